The van der Waals surface area contributed by atoms with Crippen LogP contribution in [0, 0.1) is 0 Å². The van der Waals surface area contributed by atoms with Crippen LogP contribution in [0.1, 0.15) is 0 Å². The van der Waals surface area contributed by atoms with Crippen molar-refractivity contribution in [3.8, 4) is 0 Å². The molecule has 0 aromatic rings. The molecule has 2 rings (SSSR count). The van der Waals surface area contributed by atoms with Crippen LogP contribution in [0.3, 0.4) is 0 Å². The molecule has 2 fully saturated rings. The van der Waals surface area contributed by atoms with Crippen LogP contribution in [-0.4, -0.2) is 55.7 Å². The third-order valence-corrected chi connectivity index (χ3v) is 2.88. The monoisotopic (exact) mass is 244 g/mol. The number of rotatable bonds is 2. The Morgan fingerprint density at radius 2 is 1.71 bits per heavy atom. The number of hydrogen-bond acceptors (Lipinski definition) is 5. The van der Waals surface area contributed by atoms with E-state index in [4.69, 9.17) is 9.47 Å². The maximum atomic E-state index is 12.1. The average Bonchev–Trinajstić information content (AvgIpc) is 2.60. The number of nitrogens with one attached hydrogen (secondary N) is 3. The lowest BCUT2D eigenvalue weighted by molar-refractivity contribution is -0.215. The molecule has 0 spiro atoms. The quantitative estimate of drug-likeness (QED) is 0.527. The smallest absolute Gasteiger partial charge is 0.327 e. The number of urea groups is 2. The summed E-state index contributed by atoms with van der Waals surface area (Å²) >= 11 is 0. The third kappa shape index (κ3) is 1.17. The number of hydrogen-bond donors (Lipinski definition) is 3. The van der Waals surface area contributed by atoms with E-state index in [1.807, 2.05) is 0 Å². The minimum Gasteiger partial charge on any atom is -0.345 e. The summed E-state index contributed by atoms with van der Waals surface area (Å²) in [5.74, 6) is -2.48. The van der Waals surface area contributed by atoms with Gasteiger partial charge >= 0.3 is 12.1 Å². The third-order valence-electron chi connectivity index (χ3n) is 2.88. The molecule has 2 saturated heterocycles. The Labute approximate surface area is 96.4 Å². The van der Waals surface area contributed by atoms with Gasteiger partial charge in [-0.15, -0.1) is 0 Å². The summed E-state index contributed by atoms with van der Waals surface area (Å²) in [6, 6.07) is -1.38. The fourth-order valence-electron chi connectivity index (χ4n) is 1.94. The van der Waals surface area contributed by atoms with E-state index in [1.165, 1.54) is 21.3 Å². The maximum absolute atomic E-state index is 12.1. The molecule has 0 saturated carbocycles. The van der Waals surface area contributed by atoms with Crippen molar-refractivity contribution < 1.29 is 23.9 Å². The number of carbonyl (C=O) groups excluding carboxylic acids is 3. The molecule has 0 radical (unpaired) electrons. The minimum absolute atomic E-state index is 0.683. The standard InChI is InChI=1S/C8H12N4O5/c1-12-4(13)7(16-2)8(17-3,11-6(12)15)10-5(14)9-7/h1-3H3,(H,11,15)(H2,9,10,14). The molecule has 94 valence electrons. The van der Waals surface area contributed by atoms with Crippen LogP contribution in [-0.2, 0) is 14.3 Å². The summed E-state index contributed by atoms with van der Waals surface area (Å²) in [4.78, 5) is 35.8. The molecule has 2 heterocycles. The van der Waals surface area contributed by atoms with Gasteiger partial charge in [-0.25, -0.2) is 9.59 Å². The summed E-state index contributed by atoms with van der Waals surface area (Å²) < 4.78 is 10.1. The molecule has 2 aliphatic heterocycles. The average molecular weight is 244 g/mol. The van der Waals surface area contributed by atoms with Crippen molar-refractivity contribution in [2.75, 3.05) is 21.3 Å². The molecule has 17 heavy (non-hydrogen) atoms. The van der Waals surface area contributed by atoms with Crippen LogP contribution >= 0.6 is 0 Å². The van der Waals surface area contributed by atoms with Gasteiger partial charge in [-0.3, -0.25) is 25.6 Å². The highest BCUT2D eigenvalue weighted by molar-refractivity contribution is 6.06. The predicted molar refractivity (Wildman–Crippen MR) is 52.4 cm³/mol. The fourth-order valence-corrected chi connectivity index (χ4v) is 1.94. The second kappa shape index (κ2) is 3.31. The highest BCUT2D eigenvalue weighted by Crippen LogP contribution is 2.31. The van der Waals surface area contributed by atoms with Crippen LogP contribution in [0.4, 0.5) is 9.59 Å². The molecule has 0 aromatic heterocycles. The van der Waals surface area contributed by atoms with Crippen molar-refractivity contribution in [3.63, 3.8) is 0 Å². The molecule has 3 N–H and O–H groups in total. The first-order chi connectivity index (χ1) is 7.92. The lowest BCUT2D eigenvalue weighted by atomic mass is 10.0. The predicted octanol–water partition coefficient (Wildman–Crippen LogP) is -1.88. The summed E-state index contributed by atoms with van der Waals surface area (Å²) in [5, 5.41) is 6.99. The number of likely N-dealkylation sites (N-methyl/N-ethyl adjacent to an activating group) is 1. The van der Waals surface area contributed by atoms with Crippen molar-refractivity contribution in [2.24, 2.45) is 0 Å². The van der Waals surface area contributed by atoms with E-state index in [9.17, 15) is 14.4 Å². The first kappa shape index (κ1) is 11.6. The Morgan fingerprint density at radius 3 is 2.24 bits per heavy atom. The van der Waals surface area contributed by atoms with Gasteiger partial charge in [0.15, 0.2) is 0 Å². The van der Waals surface area contributed by atoms with E-state index in [0.29, 0.717) is 0 Å². The second-order valence-corrected chi connectivity index (χ2v) is 3.64. The number of ether oxygens (including phenoxy) is 2. The number of carbonyl (C=O) groups is 3. The highest BCUT2D eigenvalue weighted by Gasteiger charge is 2.70. The topological polar surface area (TPSA) is 109 Å². The Kier molecular flexibility index (Phi) is 2.26. The van der Waals surface area contributed by atoms with Gasteiger partial charge < -0.3 is 9.47 Å². The van der Waals surface area contributed by atoms with Crippen molar-refractivity contribution >= 4 is 18.0 Å². The number of amides is 5. The minimum atomic E-state index is -1.82. The normalized spacial score (nSPS) is 36.2. The summed E-state index contributed by atoms with van der Waals surface area (Å²) in [7, 11) is 3.73. The fraction of sp³-hybridized carbons (Fsp3) is 0.625. The molecule has 2 unspecified atom stereocenters. The molecule has 0 bridgehead atoms. The van der Waals surface area contributed by atoms with Crippen LogP contribution in [0.5, 0.6) is 0 Å². The summed E-state index contributed by atoms with van der Waals surface area (Å²) in [6.07, 6.45) is 0. The van der Waals surface area contributed by atoms with E-state index >= 15 is 0 Å². The lowest BCUT2D eigenvalue weighted by Crippen LogP contribution is -2.81. The van der Waals surface area contributed by atoms with E-state index in [2.05, 4.69) is 16.0 Å². The number of nitrogens with zero attached hydrogens (tertiary/aromatic N) is 1. The van der Waals surface area contributed by atoms with Crippen LogP contribution in [0.2, 0.25) is 0 Å². The molecule has 9 nitrogen and oxygen atoms in total. The Bertz CT molecular complexity index is 413. The Morgan fingerprint density at radius 1 is 1.06 bits per heavy atom. The van der Waals surface area contributed by atoms with Gasteiger partial charge in [-0.1, -0.05) is 0 Å². The van der Waals surface area contributed by atoms with Crippen molar-refractivity contribution in [2.45, 2.75) is 11.6 Å². The van der Waals surface area contributed by atoms with E-state index < -0.39 is 29.5 Å². The summed E-state index contributed by atoms with van der Waals surface area (Å²) in [6.45, 7) is 0. The van der Waals surface area contributed by atoms with Gasteiger partial charge in [0.2, 0.25) is 0 Å². The molecule has 2 atom stereocenters. The zero-order valence-electron chi connectivity index (χ0n) is 9.49. The molecule has 0 aromatic carbocycles. The first-order valence-corrected chi connectivity index (χ1v) is 4.73. The maximum Gasteiger partial charge on any atom is 0.327 e. The number of imide groups is 1. The van der Waals surface area contributed by atoms with Crippen LogP contribution in [0.15, 0.2) is 0 Å². The highest BCUT2D eigenvalue weighted by atomic mass is 16.6. The lowest BCUT2D eigenvalue weighted by Gasteiger charge is -2.45. The van der Waals surface area contributed by atoms with Crippen LogP contribution < -0.4 is 16.0 Å². The molecule has 5 amide bonds. The zero-order valence-corrected chi connectivity index (χ0v) is 9.49. The van der Waals surface area contributed by atoms with Crippen molar-refractivity contribution in [1.29, 1.82) is 0 Å². The molecular weight excluding hydrogens is 232 g/mol. The van der Waals surface area contributed by atoms with Crippen LogP contribution in [0.25, 0.3) is 0 Å². The molecule has 0 aliphatic carbocycles. The van der Waals surface area contributed by atoms with Gasteiger partial charge in [0.25, 0.3) is 17.5 Å². The van der Waals surface area contributed by atoms with Crippen molar-refractivity contribution in [3.05, 3.63) is 0 Å². The number of methoxy groups -OCH3 is 2. The number of fused-ring (bicyclic) bond motifs is 1. The second-order valence-electron chi connectivity index (χ2n) is 3.64. The van der Waals surface area contributed by atoms with Gasteiger partial charge in [0.1, 0.15) is 0 Å². The SMILES string of the molecule is COC12NC(=O)NC1(OC)C(=O)N(C)C(=O)N2. The summed E-state index contributed by atoms with van der Waals surface area (Å²) in [5.41, 5.74) is -1.82. The Balaban J connectivity index is 2.56. The van der Waals surface area contributed by atoms with Gasteiger partial charge in [-0.05, 0) is 0 Å². The van der Waals surface area contributed by atoms with Gasteiger partial charge in [0, 0.05) is 21.3 Å². The van der Waals surface area contributed by atoms with E-state index in [1.54, 1.807) is 0 Å². The van der Waals surface area contributed by atoms with E-state index in [-0.39, 0.29) is 0 Å². The van der Waals surface area contributed by atoms with Gasteiger partial charge in [0.05, 0.1) is 0 Å². The molecule has 9 heteroatoms. The Hall–Kier alpha value is -1.87. The van der Waals surface area contributed by atoms with E-state index in [0.717, 1.165) is 4.90 Å². The van der Waals surface area contributed by atoms with Gasteiger partial charge in [-0.2, -0.15) is 0 Å². The van der Waals surface area contributed by atoms with Crippen molar-refractivity contribution in [1.82, 2.24) is 20.9 Å². The molecular formula is C8H12N4O5. The zero-order chi connectivity index (χ0) is 12.8. The first-order valence-electron chi connectivity index (χ1n) is 4.73. The molecule has 2 aliphatic rings. The largest absolute Gasteiger partial charge is 0.345 e.